The Hall–Kier alpha value is -1.11. The Bertz CT molecular complexity index is 474. The van der Waals surface area contributed by atoms with E-state index in [1.807, 2.05) is 19.1 Å². The van der Waals surface area contributed by atoms with E-state index in [1.165, 1.54) is 0 Å². The van der Waals surface area contributed by atoms with Crippen LogP contribution in [-0.4, -0.2) is 24.4 Å². The standard InChI is InChI=1S/C12H13IN2O2/c1-7-9(3-2-4-10(7)13)12(17)15-8-5-11(16)14-6-8/h2-4,8H,5-6H2,1H3,(H,14,16)(H,15,17). The normalized spacial score (nSPS) is 18.9. The van der Waals surface area contributed by atoms with Gasteiger partial charge in [-0.2, -0.15) is 0 Å². The van der Waals surface area contributed by atoms with Crippen LogP contribution in [0.1, 0.15) is 22.3 Å². The van der Waals surface area contributed by atoms with Crippen LogP contribution in [0.15, 0.2) is 18.2 Å². The monoisotopic (exact) mass is 344 g/mol. The van der Waals surface area contributed by atoms with Crippen LogP contribution in [0.4, 0.5) is 0 Å². The van der Waals surface area contributed by atoms with Crippen LogP contribution in [0.3, 0.4) is 0 Å². The molecule has 4 nitrogen and oxygen atoms in total. The third-order valence-corrected chi connectivity index (χ3v) is 3.99. The summed E-state index contributed by atoms with van der Waals surface area (Å²) in [6, 6.07) is 5.54. The third-order valence-electron chi connectivity index (χ3n) is 2.82. The van der Waals surface area contributed by atoms with Gasteiger partial charge in [0.15, 0.2) is 0 Å². The molecule has 0 bridgehead atoms. The van der Waals surface area contributed by atoms with Gasteiger partial charge in [-0.1, -0.05) is 6.07 Å². The lowest BCUT2D eigenvalue weighted by Gasteiger charge is -2.12. The first kappa shape index (κ1) is 12.3. The van der Waals surface area contributed by atoms with Crippen molar-refractivity contribution in [2.45, 2.75) is 19.4 Å². The van der Waals surface area contributed by atoms with Crippen molar-refractivity contribution < 1.29 is 9.59 Å². The summed E-state index contributed by atoms with van der Waals surface area (Å²) in [6.07, 6.45) is 0.370. The molecule has 0 aliphatic carbocycles. The quantitative estimate of drug-likeness (QED) is 0.793. The number of hydrogen-bond acceptors (Lipinski definition) is 2. The molecule has 0 spiro atoms. The zero-order valence-corrected chi connectivity index (χ0v) is 11.6. The van der Waals surface area contributed by atoms with Crippen LogP contribution in [0.2, 0.25) is 0 Å². The van der Waals surface area contributed by atoms with Crippen molar-refractivity contribution in [3.05, 3.63) is 32.9 Å². The van der Waals surface area contributed by atoms with Gasteiger partial charge in [0.2, 0.25) is 5.91 Å². The highest BCUT2D eigenvalue weighted by Gasteiger charge is 2.23. The van der Waals surface area contributed by atoms with E-state index in [2.05, 4.69) is 33.2 Å². The fourth-order valence-electron chi connectivity index (χ4n) is 1.82. The lowest BCUT2D eigenvalue weighted by Crippen LogP contribution is -2.36. The van der Waals surface area contributed by atoms with Gasteiger partial charge in [-0.25, -0.2) is 0 Å². The maximum absolute atomic E-state index is 12.0. The molecular formula is C12H13IN2O2. The number of carbonyl (C=O) groups excluding carboxylic acids is 2. The highest BCUT2D eigenvalue weighted by Crippen LogP contribution is 2.16. The zero-order chi connectivity index (χ0) is 12.4. The van der Waals surface area contributed by atoms with Gasteiger partial charge in [-0.3, -0.25) is 9.59 Å². The maximum atomic E-state index is 12.0. The molecule has 1 saturated heterocycles. The molecule has 1 unspecified atom stereocenters. The molecule has 1 fully saturated rings. The van der Waals surface area contributed by atoms with Crippen LogP contribution < -0.4 is 10.6 Å². The van der Waals surface area contributed by atoms with Gasteiger partial charge >= 0.3 is 0 Å². The predicted octanol–water partition coefficient (Wildman–Crippen LogP) is 1.22. The number of benzene rings is 1. The van der Waals surface area contributed by atoms with Gasteiger partial charge < -0.3 is 10.6 Å². The van der Waals surface area contributed by atoms with E-state index in [0.717, 1.165) is 9.13 Å². The second-order valence-corrected chi connectivity index (χ2v) is 5.25. The molecule has 1 aromatic carbocycles. The molecule has 2 amide bonds. The summed E-state index contributed by atoms with van der Waals surface area (Å²) >= 11 is 2.20. The first-order valence-corrected chi connectivity index (χ1v) is 6.48. The minimum absolute atomic E-state index is 0.00494. The Kier molecular flexibility index (Phi) is 3.66. The van der Waals surface area contributed by atoms with Crippen molar-refractivity contribution in [2.24, 2.45) is 0 Å². The minimum atomic E-state index is -0.109. The van der Waals surface area contributed by atoms with E-state index >= 15 is 0 Å². The van der Waals surface area contributed by atoms with E-state index in [1.54, 1.807) is 6.07 Å². The van der Waals surface area contributed by atoms with E-state index in [4.69, 9.17) is 0 Å². The lowest BCUT2D eigenvalue weighted by molar-refractivity contribution is -0.119. The first-order valence-electron chi connectivity index (χ1n) is 5.40. The molecule has 5 heteroatoms. The molecule has 0 saturated carbocycles. The fourth-order valence-corrected chi connectivity index (χ4v) is 2.32. The van der Waals surface area contributed by atoms with Gasteiger partial charge in [-0.05, 0) is 47.2 Å². The predicted molar refractivity (Wildman–Crippen MR) is 72.8 cm³/mol. The molecule has 2 rings (SSSR count). The van der Waals surface area contributed by atoms with Crippen molar-refractivity contribution in [1.29, 1.82) is 0 Å². The molecule has 1 heterocycles. The van der Waals surface area contributed by atoms with Crippen molar-refractivity contribution in [3.63, 3.8) is 0 Å². The molecule has 1 aliphatic rings. The van der Waals surface area contributed by atoms with E-state index in [0.29, 0.717) is 18.5 Å². The number of amides is 2. The van der Waals surface area contributed by atoms with Gasteiger partial charge in [0.05, 0.1) is 6.04 Å². The van der Waals surface area contributed by atoms with Gasteiger partial charge in [0, 0.05) is 22.1 Å². The topological polar surface area (TPSA) is 58.2 Å². The van der Waals surface area contributed by atoms with Gasteiger partial charge in [0.1, 0.15) is 0 Å². The van der Waals surface area contributed by atoms with Crippen molar-refractivity contribution in [1.82, 2.24) is 10.6 Å². The number of nitrogens with one attached hydrogen (secondary N) is 2. The minimum Gasteiger partial charge on any atom is -0.354 e. The molecule has 1 aromatic rings. The summed E-state index contributed by atoms with van der Waals surface area (Å²) < 4.78 is 1.07. The van der Waals surface area contributed by atoms with Crippen LogP contribution >= 0.6 is 22.6 Å². The number of hydrogen-bond donors (Lipinski definition) is 2. The molecule has 0 aromatic heterocycles. The summed E-state index contributed by atoms with van der Waals surface area (Å²) in [5, 5.41) is 5.57. The Morgan fingerprint density at radius 1 is 1.53 bits per heavy atom. The second kappa shape index (κ2) is 5.03. The summed E-state index contributed by atoms with van der Waals surface area (Å²) in [5.74, 6) is -0.114. The van der Waals surface area contributed by atoms with Crippen molar-refractivity contribution in [3.8, 4) is 0 Å². The van der Waals surface area contributed by atoms with Crippen molar-refractivity contribution in [2.75, 3.05) is 6.54 Å². The average Bonchev–Trinajstić information content (AvgIpc) is 2.68. The summed E-state index contributed by atoms with van der Waals surface area (Å²) in [6.45, 7) is 2.45. The molecule has 1 atom stereocenters. The van der Waals surface area contributed by atoms with E-state index in [-0.39, 0.29) is 17.9 Å². The summed E-state index contributed by atoms with van der Waals surface area (Å²) in [7, 11) is 0. The summed E-state index contributed by atoms with van der Waals surface area (Å²) in [5.41, 5.74) is 1.65. The van der Waals surface area contributed by atoms with Gasteiger partial charge in [-0.15, -0.1) is 0 Å². The highest BCUT2D eigenvalue weighted by atomic mass is 127. The van der Waals surface area contributed by atoms with Crippen LogP contribution in [0, 0.1) is 10.5 Å². The van der Waals surface area contributed by atoms with Crippen LogP contribution in [0.25, 0.3) is 0 Å². The highest BCUT2D eigenvalue weighted by molar-refractivity contribution is 14.1. The smallest absolute Gasteiger partial charge is 0.251 e. The molecule has 1 aliphatic heterocycles. The van der Waals surface area contributed by atoms with Crippen LogP contribution in [0.5, 0.6) is 0 Å². The molecule has 17 heavy (non-hydrogen) atoms. The molecule has 2 N–H and O–H groups in total. The molecule has 0 radical (unpaired) electrons. The van der Waals surface area contributed by atoms with Crippen molar-refractivity contribution >= 4 is 34.4 Å². The number of carbonyl (C=O) groups is 2. The SMILES string of the molecule is Cc1c(I)cccc1C(=O)NC1CNC(=O)C1. The van der Waals surface area contributed by atoms with E-state index in [9.17, 15) is 9.59 Å². The Balaban J connectivity index is 2.09. The molecular weight excluding hydrogens is 331 g/mol. The molecule has 90 valence electrons. The first-order chi connectivity index (χ1) is 8.08. The van der Waals surface area contributed by atoms with Crippen LogP contribution in [-0.2, 0) is 4.79 Å². The number of halogens is 1. The third kappa shape index (κ3) is 2.77. The maximum Gasteiger partial charge on any atom is 0.251 e. The van der Waals surface area contributed by atoms with E-state index < -0.39 is 0 Å². The Labute approximate surface area is 113 Å². The average molecular weight is 344 g/mol. The van der Waals surface area contributed by atoms with Gasteiger partial charge in [0.25, 0.3) is 5.91 Å². The second-order valence-electron chi connectivity index (χ2n) is 4.09. The summed E-state index contributed by atoms with van der Waals surface area (Å²) in [4.78, 5) is 23.1. The number of rotatable bonds is 2. The lowest BCUT2D eigenvalue weighted by atomic mass is 10.1. The Morgan fingerprint density at radius 2 is 2.29 bits per heavy atom. The Morgan fingerprint density at radius 3 is 2.94 bits per heavy atom. The fraction of sp³-hybridized carbons (Fsp3) is 0.333. The largest absolute Gasteiger partial charge is 0.354 e. The zero-order valence-electron chi connectivity index (χ0n) is 9.42.